The van der Waals surface area contributed by atoms with E-state index < -0.39 is 11.8 Å². The van der Waals surface area contributed by atoms with Crippen LogP contribution in [-0.2, 0) is 9.53 Å². The first kappa shape index (κ1) is 24.3. The highest BCUT2D eigenvalue weighted by Gasteiger charge is 2.29. The fraction of sp³-hybridized carbons (Fsp3) is 0.591. The molecular weight excluding hydrogens is 402 g/mol. The molecule has 5 N–H and O–H groups in total. The Morgan fingerprint density at radius 3 is 2.57 bits per heavy atom. The van der Waals surface area contributed by atoms with E-state index in [4.69, 9.17) is 27.8 Å². The van der Waals surface area contributed by atoms with Gasteiger partial charge in [-0.15, -0.1) is 0 Å². The predicted molar refractivity (Wildman–Crippen MR) is 124 cm³/mol. The summed E-state index contributed by atoms with van der Waals surface area (Å²) in [7, 11) is 1.73. The van der Waals surface area contributed by atoms with E-state index in [9.17, 15) is 4.79 Å². The number of primary amides is 1. The Morgan fingerprint density at radius 1 is 1.33 bits per heavy atom. The van der Waals surface area contributed by atoms with E-state index >= 15 is 0 Å². The van der Waals surface area contributed by atoms with E-state index in [1.807, 2.05) is 0 Å². The molecule has 7 nitrogen and oxygen atoms in total. The maximum Gasteiger partial charge on any atom is 0.233 e. The van der Waals surface area contributed by atoms with Gasteiger partial charge in [0.25, 0.3) is 0 Å². The highest BCUT2D eigenvalue weighted by atomic mass is 35.5. The lowest BCUT2D eigenvalue weighted by Crippen LogP contribution is -2.45. The summed E-state index contributed by atoms with van der Waals surface area (Å²) < 4.78 is 5.48. The molecule has 1 amide bonds. The van der Waals surface area contributed by atoms with Crippen LogP contribution in [0.4, 0.5) is 5.69 Å². The number of amidine groups is 1. The number of benzene rings is 1. The molecule has 2 rings (SSSR count). The Morgan fingerprint density at radius 2 is 2.00 bits per heavy atom. The van der Waals surface area contributed by atoms with E-state index in [2.05, 4.69) is 36.1 Å². The third-order valence-corrected chi connectivity index (χ3v) is 5.88. The second kappa shape index (κ2) is 10.9. The lowest BCUT2D eigenvalue weighted by atomic mass is 9.82. The molecule has 1 fully saturated rings. The van der Waals surface area contributed by atoms with Crippen LogP contribution >= 0.6 is 11.6 Å². The highest BCUT2D eigenvalue weighted by molar-refractivity contribution is 6.30. The van der Waals surface area contributed by atoms with Gasteiger partial charge in [0, 0.05) is 30.9 Å². The van der Waals surface area contributed by atoms with Gasteiger partial charge in [-0.05, 0) is 63.3 Å². The van der Waals surface area contributed by atoms with Crippen LogP contribution in [0.3, 0.4) is 0 Å². The molecule has 30 heavy (non-hydrogen) atoms. The van der Waals surface area contributed by atoms with Crippen molar-refractivity contribution in [1.82, 2.24) is 5.32 Å². The number of amides is 1. The average molecular weight is 436 g/mol. The van der Waals surface area contributed by atoms with Crippen molar-refractivity contribution in [2.24, 2.45) is 33.3 Å². The van der Waals surface area contributed by atoms with Gasteiger partial charge >= 0.3 is 0 Å². The minimum atomic E-state index is -0.841. The predicted octanol–water partition coefficient (Wildman–Crippen LogP) is 3.07. The standard InChI is InChI=1S/C22H34ClN5O2/c1-14-11-17(27-13-22(2,3)30-4)9-10-19(14)26-12-18(21(25)29)20(24)28-16-7-5-15(23)6-8-16/h5-8,12,14,17-19,27H,9-11,13H2,1-4H3,(H2,24,28)(H2,25,29). The molecule has 0 radical (unpaired) electrons. The molecular formula is C22H34ClN5O2. The van der Waals surface area contributed by atoms with Crippen LogP contribution in [0.15, 0.2) is 34.3 Å². The summed E-state index contributed by atoms with van der Waals surface area (Å²) in [5.74, 6) is -0.913. The van der Waals surface area contributed by atoms with Gasteiger partial charge < -0.3 is 21.5 Å². The Bertz CT molecular complexity index is 763. The smallest absolute Gasteiger partial charge is 0.233 e. The fourth-order valence-electron chi connectivity index (χ4n) is 3.48. The normalized spacial score (nSPS) is 24.2. The van der Waals surface area contributed by atoms with Gasteiger partial charge in [0.05, 0.1) is 17.3 Å². The first-order valence-electron chi connectivity index (χ1n) is 10.3. The highest BCUT2D eigenvalue weighted by Crippen LogP contribution is 2.27. The number of hydrogen-bond donors (Lipinski definition) is 3. The van der Waals surface area contributed by atoms with Crippen LogP contribution in [0.5, 0.6) is 0 Å². The van der Waals surface area contributed by atoms with Crippen molar-refractivity contribution in [1.29, 1.82) is 0 Å². The topological polar surface area (TPSA) is 115 Å². The zero-order valence-electron chi connectivity index (χ0n) is 18.3. The number of carbonyl (C=O) groups excluding carboxylic acids is 1. The molecule has 0 bridgehead atoms. The van der Waals surface area contributed by atoms with Crippen molar-refractivity contribution >= 4 is 35.2 Å². The molecule has 166 valence electrons. The van der Waals surface area contributed by atoms with Crippen molar-refractivity contribution in [3.8, 4) is 0 Å². The lowest BCUT2D eigenvalue weighted by molar-refractivity contribution is -0.118. The summed E-state index contributed by atoms with van der Waals surface area (Å²) in [5.41, 5.74) is 12.0. The summed E-state index contributed by atoms with van der Waals surface area (Å²) in [5, 5.41) is 4.20. The number of nitrogens with two attached hydrogens (primary N) is 2. The molecule has 0 spiro atoms. The number of aliphatic imine (C=N–C) groups is 2. The minimum absolute atomic E-state index is 0.123. The Labute approximate surface area is 184 Å². The first-order chi connectivity index (χ1) is 14.1. The van der Waals surface area contributed by atoms with Crippen LogP contribution in [0.2, 0.25) is 5.02 Å². The number of rotatable bonds is 9. The summed E-state index contributed by atoms with van der Waals surface area (Å²) in [6, 6.07) is 7.44. The minimum Gasteiger partial charge on any atom is -0.386 e. The van der Waals surface area contributed by atoms with E-state index in [-0.39, 0.29) is 17.5 Å². The Kier molecular flexibility index (Phi) is 8.82. The Hall–Kier alpha value is -1.96. The summed E-state index contributed by atoms with van der Waals surface area (Å²) in [6.45, 7) is 7.12. The molecule has 1 aliphatic carbocycles. The molecule has 1 aromatic carbocycles. The van der Waals surface area contributed by atoms with E-state index in [1.54, 1.807) is 37.6 Å². The number of halogens is 1. The van der Waals surface area contributed by atoms with Gasteiger partial charge in [-0.3, -0.25) is 9.79 Å². The van der Waals surface area contributed by atoms with Gasteiger partial charge in [-0.1, -0.05) is 18.5 Å². The lowest BCUT2D eigenvalue weighted by Gasteiger charge is -2.34. The molecule has 1 aromatic rings. The van der Waals surface area contributed by atoms with Gasteiger partial charge in [0.2, 0.25) is 5.91 Å². The van der Waals surface area contributed by atoms with Gasteiger partial charge in [-0.2, -0.15) is 0 Å². The number of methoxy groups -OCH3 is 1. The number of carbonyl (C=O) groups is 1. The van der Waals surface area contributed by atoms with Crippen LogP contribution in [0, 0.1) is 11.8 Å². The van der Waals surface area contributed by atoms with Crippen molar-refractivity contribution in [3.63, 3.8) is 0 Å². The van der Waals surface area contributed by atoms with Crippen molar-refractivity contribution in [2.75, 3.05) is 13.7 Å². The number of ether oxygens (including phenoxy) is 1. The third-order valence-electron chi connectivity index (χ3n) is 5.63. The number of nitrogens with one attached hydrogen (secondary N) is 1. The molecule has 0 aliphatic heterocycles. The van der Waals surface area contributed by atoms with Gasteiger partial charge in [0.15, 0.2) is 0 Å². The number of nitrogens with zero attached hydrogens (tertiary/aromatic N) is 2. The second-order valence-electron chi connectivity index (χ2n) is 8.59. The van der Waals surface area contributed by atoms with E-state index in [0.29, 0.717) is 22.7 Å². The molecule has 1 aliphatic rings. The third kappa shape index (κ3) is 7.38. The molecule has 8 heteroatoms. The summed E-state index contributed by atoms with van der Waals surface area (Å²) in [6.07, 6.45) is 4.52. The van der Waals surface area contributed by atoms with Crippen LogP contribution in [0.1, 0.15) is 40.0 Å². The molecule has 0 aromatic heterocycles. The molecule has 4 atom stereocenters. The van der Waals surface area contributed by atoms with Crippen LogP contribution < -0.4 is 16.8 Å². The molecule has 1 saturated carbocycles. The zero-order valence-corrected chi connectivity index (χ0v) is 19.0. The fourth-order valence-corrected chi connectivity index (χ4v) is 3.60. The van der Waals surface area contributed by atoms with Crippen molar-refractivity contribution in [3.05, 3.63) is 29.3 Å². The molecule has 0 saturated heterocycles. The largest absolute Gasteiger partial charge is 0.386 e. The average Bonchev–Trinajstić information content (AvgIpc) is 2.69. The zero-order chi connectivity index (χ0) is 22.3. The van der Waals surface area contributed by atoms with Gasteiger partial charge in [0.1, 0.15) is 11.8 Å². The van der Waals surface area contributed by atoms with Crippen LogP contribution in [0.25, 0.3) is 0 Å². The maximum atomic E-state index is 11.9. The van der Waals surface area contributed by atoms with E-state index in [0.717, 1.165) is 25.8 Å². The Balaban J connectivity index is 1.98. The monoisotopic (exact) mass is 435 g/mol. The van der Waals surface area contributed by atoms with E-state index in [1.165, 1.54) is 0 Å². The van der Waals surface area contributed by atoms with Crippen LogP contribution in [-0.4, -0.2) is 49.3 Å². The SMILES string of the molecule is COC(C)(C)CNC1CCC(N=CC(C(N)=O)C(N)=Nc2ccc(Cl)cc2)C(C)C1. The number of hydrogen-bond acceptors (Lipinski definition) is 5. The quantitative estimate of drug-likeness (QED) is 0.408. The molecule has 0 heterocycles. The van der Waals surface area contributed by atoms with Gasteiger partial charge in [-0.25, -0.2) is 4.99 Å². The molecule has 4 unspecified atom stereocenters. The summed E-state index contributed by atoms with van der Waals surface area (Å²) >= 11 is 5.88. The summed E-state index contributed by atoms with van der Waals surface area (Å²) in [4.78, 5) is 20.9. The second-order valence-corrected chi connectivity index (χ2v) is 9.03. The maximum absolute atomic E-state index is 11.9. The first-order valence-corrected chi connectivity index (χ1v) is 10.7. The van der Waals surface area contributed by atoms with Crippen molar-refractivity contribution < 1.29 is 9.53 Å². The van der Waals surface area contributed by atoms with Crippen molar-refractivity contribution in [2.45, 2.75) is 57.7 Å².